The first-order valence-electron chi connectivity index (χ1n) is 9.24. The van der Waals surface area contributed by atoms with Crippen molar-refractivity contribution in [2.24, 2.45) is 0 Å². The quantitative estimate of drug-likeness (QED) is 0.808. The summed E-state index contributed by atoms with van der Waals surface area (Å²) < 4.78 is 0. The van der Waals surface area contributed by atoms with Crippen molar-refractivity contribution in [2.45, 2.75) is 12.8 Å². The highest BCUT2D eigenvalue weighted by molar-refractivity contribution is 6.33. The van der Waals surface area contributed by atoms with Gasteiger partial charge in [-0.2, -0.15) is 0 Å². The number of benzene rings is 2. The van der Waals surface area contributed by atoms with Crippen molar-refractivity contribution in [2.75, 3.05) is 44.6 Å². The van der Waals surface area contributed by atoms with Crippen molar-refractivity contribution >= 4 is 23.2 Å². The smallest absolute Gasteiger partial charge is 0.238 e. The number of piperazine rings is 1. The largest absolute Gasteiger partial charge is 0.324 e. The van der Waals surface area contributed by atoms with E-state index in [2.05, 4.69) is 45.4 Å². The predicted octanol–water partition coefficient (Wildman–Crippen LogP) is 3.53. The minimum Gasteiger partial charge on any atom is -0.324 e. The normalized spacial score (nSPS) is 15.7. The Morgan fingerprint density at radius 3 is 2.31 bits per heavy atom. The van der Waals surface area contributed by atoms with Crippen LogP contribution in [0.2, 0.25) is 5.02 Å². The van der Waals surface area contributed by atoms with E-state index in [1.807, 2.05) is 18.2 Å². The van der Waals surface area contributed by atoms with Crippen LogP contribution in [0.4, 0.5) is 5.69 Å². The maximum absolute atomic E-state index is 12.2. The summed E-state index contributed by atoms with van der Waals surface area (Å²) in [6.07, 6.45) is 2.30. The fourth-order valence-corrected chi connectivity index (χ4v) is 3.46. The molecule has 3 rings (SSSR count). The molecule has 1 heterocycles. The Kier molecular flexibility index (Phi) is 7.06. The van der Waals surface area contributed by atoms with E-state index in [0.29, 0.717) is 17.3 Å². The summed E-state index contributed by atoms with van der Waals surface area (Å²) in [6.45, 7) is 5.45. The standard InChI is InChI=1S/C21H26ClN3O/c22-19-10-4-5-11-20(19)23-21(26)17-25-15-13-24(14-16-25)12-6-9-18-7-2-1-3-8-18/h1-5,7-8,10-11H,6,9,12-17H2,(H,23,26). The first kappa shape index (κ1) is 18.9. The number of nitrogens with one attached hydrogen (secondary N) is 1. The van der Waals surface area contributed by atoms with Gasteiger partial charge in [-0.3, -0.25) is 9.69 Å². The summed E-state index contributed by atoms with van der Waals surface area (Å²) in [6, 6.07) is 18.0. The molecule has 138 valence electrons. The molecule has 2 aromatic carbocycles. The fourth-order valence-electron chi connectivity index (χ4n) is 3.28. The van der Waals surface area contributed by atoms with Crippen LogP contribution >= 0.6 is 11.6 Å². The van der Waals surface area contributed by atoms with E-state index in [1.54, 1.807) is 6.07 Å². The molecule has 0 aliphatic carbocycles. The van der Waals surface area contributed by atoms with E-state index in [9.17, 15) is 4.79 Å². The number of halogens is 1. The lowest BCUT2D eigenvalue weighted by Gasteiger charge is -2.34. The molecule has 5 heteroatoms. The Bertz CT molecular complexity index is 699. The molecule has 0 radical (unpaired) electrons. The van der Waals surface area contributed by atoms with Crippen LogP contribution in [0.1, 0.15) is 12.0 Å². The number of anilines is 1. The SMILES string of the molecule is O=C(CN1CCN(CCCc2ccccc2)CC1)Nc1ccccc1Cl. The second-order valence-corrected chi connectivity index (χ2v) is 7.14. The summed E-state index contributed by atoms with van der Waals surface area (Å²) in [5.74, 6) is -0.00405. The minimum absolute atomic E-state index is 0.00405. The Morgan fingerprint density at radius 2 is 1.58 bits per heavy atom. The van der Waals surface area contributed by atoms with Gasteiger partial charge >= 0.3 is 0 Å². The first-order valence-corrected chi connectivity index (χ1v) is 9.61. The average Bonchev–Trinajstić information content (AvgIpc) is 2.66. The second kappa shape index (κ2) is 9.72. The van der Waals surface area contributed by atoms with Gasteiger partial charge in [0.25, 0.3) is 0 Å². The number of rotatable bonds is 7. The van der Waals surface area contributed by atoms with E-state index in [4.69, 9.17) is 11.6 Å². The lowest BCUT2D eigenvalue weighted by molar-refractivity contribution is -0.117. The maximum Gasteiger partial charge on any atom is 0.238 e. The van der Waals surface area contributed by atoms with E-state index < -0.39 is 0 Å². The molecule has 4 nitrogen and oxygen atoms in total. The van der Waals surface area contributed by atoms with Crippen LogP contribution in [-0.4, -0.2) is 55.0 Å². The summed E-state index contributed by atoms with van der Waals surface area (Å²) in [7, 11) is 0. The lowest BCUT2D eigenvalue weighted by atomic mass is 10.1. The third kappa shape index (κ3) is 5.84. The highest BCUT2D eigenvalue weighted by Gasteiger charge is 2.18. The van der Waals surface area contributed by atoms with Crippen molar-refractivity contribution in [3.63, 3.8) is 0 Å². The highest BCUT2D eigenvalue weighted by atomic mass is 35.5. The first-order chi connectivity index (χ1) is 12.7. The van der Waals surface area contributed by atoms with Gasteiger partial charge in [0.05, 0.1) is 17.3 Å². The molecule has 0 atom stereocenters. The lowest BCUT2D eigenvalue weighted by Crippen LogP contribution is -2.48. The van der Waals surface area contributed by atoms with E-state index in [1.165, 1.54) is 12.0 Å². The Balaban J connectivity index is 1.34. The van der Waals surface area contributed by atoms with Crippen LogP contribution in [0, 0.1) is 0 Å². The summed E-state index contributed by atoms with van der Waals surface area (Å²) in [5.41, 5.74) is 2.08. The van der Waals surface area contributed by atoms with E-state index >= 15 is 0 Å². The third-order valence-electron chi connectivity index (χ3n) is 4.76. The molecule has 1 saturated heterocycles. The molecule has 1 aliphatic heterocycles. The van der Waals surface area contributed by atoms with E-state index in [-0.39, 0.29) is 5.91 Å². The van der Waals surface area contributed by atoms with Gasteiger partial charge in [-0.05, 0) is 37.1 Å². The molecular formula is C21H26ClN3O. The topological polar surface area (TPSA) is 35.6 Å². The molecule has 1 amide bonds. The Labute approximate surface area is 160 Å². The molecule has 0 aromatic heterocycles. The van der Waals surface area contributed by atoms with Crippen LogP contribution in [0.25, 0.3) is 0 Å². The number of hydrogen-bond donors (Lipinski definition) is 1. The zero-order valence-electron chi connectivity index (χ0n) is 15.0. The Morgan fingerprint density at radius 1 is 0.923 bits per heavy atom. The monoisotopic (exact) mass is 371 g/mol. The molecule has 0 bridgehead atoms. The molecule has 0 unspecified atom stereocenters. The van der Waals surface area contributed by atoms with Gasteiger partial charge in [0.1, 0.15) is 0 Å². The maximum atomic E-state index is 12.2. The van der Waals surface area contributed by atoms with Crippen molar-refractivity contribution in [3.05, 3.63) is 65.2 Å². The van der Waals surface area contributed by atoms with Gasteiger partial charge < -0.3 is 10.2 Å². The molecule has 1 aliphatic rings. The number of para-hydroxylation sites is 1. The molecular weight excluding hydrogens is 346 g/mol. The molecule has 0 saturated carbocycles. The number of nitrogens with zero attached hydrogens (tertiary/aromatic N) is 2. The Hall–Kier alpha value is -1.88. The second-order valence-electron chi connectivity index (χ2n) is 6.73. The summed E-state index contributed by atoms with van der Waals surface area (Å²) in [5, 5.41) is 3.47. The zero-order valence-corrected chi connectivity index (χ0v) is 15.8. The minimum atomic E-state index is -0.00405. The molecule has 1 fully saturated rings. The summed E-state index contributed by atoms with van der Waals surface area (Å²) in [4.78, 5) is 16.9. The van der Waals surface area contributed by atoms with Crippen LogP contribution in [0.15, 0.2) is 54.6 Å². The third-order valence-corrected chi connectivity index (χ3v) is 5.09. The van der Waals surface area contributed by atoms with Crippen LogP contribution in [-0.2, 0) is 11.2 Å². The van der Waals surface area contributed by atoms with Crippen molar-refractivity contribution < 1.29 is 4.79 Å². The number of amides is 1. The van der Waals surface area contributed by atoms with Crippen molar-refractivity contribution in [1.29, 1.82) is 0 Å². The summed E-state index contributed by atoms with van der Waals surface area (Å²) >= 11 is 6.09. The van der Waals surface area contributed by atoms with Crippen molar-refractivity contribution in [3.8, 4) is 0 Å². The fraction of sp³-hybridized carbons (Fsp3) is 0.381. The molecule has 26 heavy (non-hydrogen) atoms. The highest BCUT2D eigenvalue weighted by Crippen LogP contribution is 2.20. The molecule has 0 spiro atoms. The predicted molar refractivity (Wildman–Crippen MR) is 108 cm³/mol. The van der Waals surface area contributed by atoms with Crippen molar-refractivity contribution in [1.82, 2.24) is 9.80 Å². The number of carbonyl (C=O) groups excluding carboxylic acids is 1. The number of carbonyl (C=O) groups is 1. The molecule has 2 aromatic rings. The zero-order chi connectivity index (χ0) is 18.2. The van der Waals surface area contributed by atoms with Gasteiger partial charge in [0, 0.05) is 26.2 Å². The molecule has 1 N–H and O–H groups in total. The van der Waals surface area contributed by atoms with Gasteiger partial charge in [-0.25, -0.2) is 0 Å². The number of aryl methyl sites for hydroxylation is 1. The number of hydrogen-bond acceptors (Lipinski definition) is 3. The average molecular weight is 372 g/mol. The van der Waals surface area contributed by atoms with Gasteiger partial charge in [-0.15, -0.1) is 0 Å². The van der Waals surface area contributed by atoms with Crippen LogP contribution in [0.3, 0.4) is 0 Å². The van der Waals surface area contributed by atoms with Crippen LogP contribution in [0.5, 0.6) is 0 Å². The van der Waals surface area contributed by atoms with Crippen LogP contribution < -0.4 is 5.32 Å². The van der Waals surface area contributed by atoms with Gasteiger partial charge in [0.15, 0.2) is 0 Å². The van der Waals surface area contributed by atoms with Gasteiger partial charge in [-0.1, -0.05) is 54.1 Å². The van der Waals surface area contributed by atoms with Gasteiger partial charge in [0.2, 0.25) is 5.91 Å². The van der Waals surface area contributed by atoms with E-state index in [0.717, 1.165) is 39.1 Å².